The van der Waals surface area contributed by atoms with Crippen LogP contribution in [-0.2, 0) is 18.3 Å². The van der Waals surface area contributed by atoms with Crippen molar-refractivity contribution in [2.24, 2.45) is 7.05 Å². The summed E-state index contributed by atoms with van der Waals surface area (Å²) < 4.78 is 8.21. The van der Waals surface area contributed by atoms with Gasteiger partial charge in [-0.15, -0.1) is 5.10 Å². The number of fused-ring (bicyclic) bond motifs is 1. The topological polar surface area (TPSA) is 90.5 Å². The van der Waals surface area contributed by atoms with Crippen LogP contribution in [0.5, 0.6) is 5.75 Å². The molecule has 0 aliphatic rings. The van der Waals surface area contributed by atoms with E-state index in [1.807, 2.05) is 18.5 Å². The third-order valence-electron chi connectivity index (χ3n) is 5.36. The molecule has 0 bridgehead atoms. The highest BCUT2D eigenvalue weighted by Crippen LogP contribution is 2.20. The minimum atomic E-state index is -0.277. The standard InChI is InChI=1S/C23H22ClN5O3/c1-14-19(12-13-20(30)25-17-8-10-18(32-3)11-9-17)22(31)29-23(28(14)2)26-21(27-29)15-4-6-16(24)7-5-15/h4-11H,12-13H2,1-3H3,(H,25,30). The first-order valence-corrected chi connectivity index (χ1v) is 10.4. The molecule has 0 fully saturated rings. The fourth-order valence-corrected chi connectivity index (χ4v) is 3.56. The number of nitrogens with one attached hydrogen (secondary N) is 1. The predicted octanol–water partition coefficient (Wildman–Crippen LogP) is 3.64. The van der Waals surface area contributed by atoms with E-state index in [9.17, 15) is 9.59 Å². The van der Waals surface area contributed by atoms with E-state index in [1.165, 1.54) is 4.52 Å². The number of ether oxygens (including phenoxy) is 1. The Kier molecular flexibility index (Phi) is 5.96. The second-order valence-corrected chi connectivity index (χ2v) is 7.80. The van der Waals surface area contributed by atoms with Gasteiger partial charge in [-0.25, -0.2) is 0 Å². The molecule has 8 nitrogen and oxygen atoms in total. The fourth-order valence-electron chi connectivity index (χ4n) is 3.44. The lowest BCUT2D eigenvalue weighted by atomic mass is 10.1. The molecule has 9 heteroatoms. The Morgan fingerprint density at radius 1 is 1.12 bits per heavy atom. The van der Waals surface area contributed by atoms with Gasteiger partial charge >= 0.3 is 0 Å². The van der Waals surface area contributed by atoms with Gasteiger partial charge in [0, 0.05) is 41.0 Å². The quantitative estimate of drug-likeness (QED) is 0.483. The molecular formula is C23H22ClN5O3. The molecule has 0 saturated heterocycles. The van der Waals surface area contributed by atoms with Crippen LogP contribution in [0.2, 0.25) is 5.02 Å². The maximum Gasteiger partial charge on any atom is 0.279 e. The van der Waals surface area contributed by atoms with E-state index in [1.54, 1.807) is 55.6 Å². The number of hydrogen-bond donors (Lipinski definition) is 1. The van der Waals surface area contributed by atoms with Gasteiger partial charge in [-0.05, 0) is 61.9 Å². The van der Waals surface area contributed by atoms with E-state index < -0.39 is 0 Å². The van der Waals surface area contributed by atoms with Crippen LogP contribution in [-0.4, -0.2) is 32.2 Å². The Morgan fingerprint density at radius 3 is 2.47 bits per heavy atom. The minimum absolute atomic E-state index is 0.159. The van der Waals surface area contributed by atoms with Crippen molar-refractivity contribution in [3.8, 4) is 17.1 Å². The van der Waals surface area contributed by atoms with Crippen molar-refractivity contribution in [3.63, 3.8) is 0 Å². The number of carbonyl (C=O) groups excluding carboxylic acids is 1. The molecule has 2 aromatic carbocycles. The lowest BCUT2D eigenvalue weighted by molar-refractivity contribution is -0.116. The maximum atomic E-state index is 13.1. The third kappa shape index (κ3) is 4.22. The highest BCUT2D eigenvalue weighted by molar-refractivity contribution is 6.30. The monoisotopic (exact) mass is 451 g/mol. The van der Waals surface area contributed by atoms with Gasteiger partial charge in [0.05, 0.1) is 7.11 Å². The average molecular weight is 452 g/mol. The summed E-state index contributed by atoms with van der Waals surface area (Å²) in [7, 11) is 3.41. The summed E-state index contributed by atoms with van der Waals surface area (Å²) in [6, 6.07) is 14.2. The van der Waals surface area contributed by atoms with E-state index in [2.05, 4.69) is 15.4 Å². The number of nitrogens with zero attached hydrogens (tertiary/aromatic N) is 4. The van der Waals surface area contributed by atoms with Crippen LogP contribution in [0.25, 0.3) is 17.2 Å². The normalized spacial score (nSPS) is 11.0. The number of rotatable bonds is 6. The van der Waals surface area contributed by atoms with Gasteiger partial charge in [-0.2, -0.15) is 9.50 Å². The summed E-state index contributed by atoms with van der Waals surface area (Å²) in [4.78, 5) is 30.1. The summed E-state index contributed by atoms with van der Waals surface area (Å²) in [5.41, 5.74) is 2.42. The summed E-state index contributed by atoms with van der Waals surface area (Å²) in [5.74, 6) is 1.39. The number of hydrogen-bond acceptors (Lipinski definition) is 5. The van der Waals surface area contributed by atoms with Crippen molar-refractivity contribution in [1.82, 2.24) is 19.2 Å². The molecule has 2 heterocycles. The Bertz CT molecular complexity index is 1340. The lowest BCUT2D eigenvalue weighted by Crippen LogP contribution is -2.26. The molecule has 4 rings (SSSR count). The largest absolute Gasteiger partial charge is 0.497 e. The Balaban J connectivity index is 1.57. The number of methoxy groups -OCH3 is 1. The van der Waals surface area contributed by atoms with Crippen LogP contribution < -0.4 is 15.6 Å². The predicted molar refractivity (Wildman–Crippen MR) is 123 cm³/mol. The van der Waals surface area contributed by atoms with E-state index in [-0.39, 0.29) is 24.3 Å². The molecule has 0 atom stereocenters. The van der Waals surface area contributed by atoms with Gasteiger partial charge in [0.15, 0.2) is 5.82 Å². The molecule has 1 amide bonds. The first-order chi connectivity index (χ1) is 15.4. The van der Waals surface area contributed by atoms with Crippen LogP contribution in [0, 0.1) is 6.92 Å². The number of aromatic nitrogens is 4. The first-order valence-electron chi connectivity index (χ1n) is 10.0. The number of carbonyl (C=O) groups is 1. The molecule has 0 unspecified atom stereocenters. The number of halogens is 1. The van der Waals surface area contributed by atoms with E-state index in [0.717, 1.165) is 11.3 Å². The van der Waals surface area contributed by atoms with E-state index >= 15 is 0 Å². The van der Waals surface area contributed by atoms with Crippen molar-refractivity contribution >= 4 is 29.0 Å². The van der Waals surface area contributed by atoms with Crippen molar-refractivity contribution in [1.29, 1.82) is 0 Å². The SMILES string of the molecule is COc1ccc(NC(=O)CCc2c(C)n(C)c3nc(-c4ccc(Cl)cc4)nn3c2=O)cc1. The Hall–Kier alpha value is -3.65. The lowest BCUT2D eigenvalue weighted by Gasteiger charge is -2.11. The van der Waals surface area contributed by atoms with Crippen molar-refractivity contribution < 1.29 is 9.53 Å². The Morgan fingerprint density at radius 2 is 1.81 bits per heavy atom. The smallest absolute Gasteiger partial charge is 0.279 e. The number of amides is 1. The van der Waals surface area contributed by atoms with Crippen molar-refractivity contribution in [2.75, 3.05) is 12.4 Å². The van der Waals surface area contributed by atoms with Crippen LogP contribution in [0.1, 0.15) is 17.7 Å². The molecular weight excluding hydrogens is 430 g/mol. The van der Waals surface area contributed by atoms with Gasteiger partial charge in [0.1, 0.15) is 5.75 Å². The molecule has 0 aliphatic carbocycles. The second-order valence-electron chi connectivity index (χ2n) is 7.36. The third-order valence-corrected chi connectivity index (χ3v) is 5.61. The minimum Gasteiger partial charge on any atom is -0.497 e. The summed E-state index contributed by atoms with van der Waals surface area (Å²) in [5, 5.41) is 7.85. The Labute approximate surface area is 189 Å². The zero-order valence-corrected chi connectivity index (χ0v) is 18.7. The molecule has 2 aromatic heterocycles. The van der Waals surface area contributed by atoms with Crippen LogP contribution in [0.3, 0.4) is 0 Å². The average Bonchev–Trinajstić information content (AvgIpc) is 3.24. The molecule has 1 N–H and O–H groups in total. The molecule has 0 radical (unpaired) electrons. The zero-order valence-electron chi connectivity index (χ0n) is 17.9. The highest BCUT2D eigenvalue weighted by atomic mass is 35.5. The van der Waals surface area contributed by atoms with Crippen LogP contribution >= 0.6 is 11.6 Å². The molecule has 164 valence electrons. The van der Waals surface area contributed by atoms with Crippen LogP contribution in [0.4, 0.5) is 5.69 Å². The first kappa shape index (κ1) is 21.6. The second kappa shape index (κ2) is 8.84. The number of anilines is 1. The number of aryl methyl sites for hydroxylation is 1. The fraction of sp³-hybridized carbons (Fsp3) is 0.217. The molecule has 0 saturated carbocycles. The van der Waals surface area contributed by atoms with Gasteiger partial charge in [0.25, 0.3) is 5.56 Å². The molecule has 32 heavy (non-hydrogen) atoms. The van der Waals surface area contributed by atoms with Crippen molar-refractivity contribution in [2.45, 2.75) is 19.8 Å². The zero-order chi connectivity index (χ0) is 22.8. The van der Waals surface area contributed by atoms with E-state index in [0.29, 0.717) is 33.6 Å². The highest BCUT2D eigenvalue weighted by Gasteiger charge is 2.18. The number of benzene rings is 2. The molecule has 4 aromatic rings. The van der Waals surface area contributed by atoms with Crippen molar-refractivity contribution in [3.05, 3.63) is 75.2 Å². The van der Waals surface area contributed by atoms with E-state index in [4.69, 9.17) is 16.3 Å². The summed E-state index contributed by atoms with van der Waals surface area (Å²) >= 11 is 5.96. The van der Waals surface area contributed by atoms with Gasteiger partial charge in [0.2, 0.25) is 11.7 Å². The summed E-state index contributed by atoms with van der Waals surface area (Å²) in [6.07, 6.45) is 0.443. The molecule has 0 aliphatic heterocycles. The van der Waals surface area contributed by atoms with Gasteiger partial charge in [-0.1, -0.05) is 11.6 Å². The van der Waals surface area contributed by atoms with Crippen LogP contribution in [0.15, 0.2) is 53.3 Å². The molecule has 0 spiro atoms. The van der Waals surface area contributed by atoms with Gasteiger partial charge in [-0.3, -0.25) is 9.59 Å². The maximum absolute atomic E-state index is 13.1. The van der Waals surface area contributed by atoms with Gasteiger partial charge < -0.3 is 14.6 Å². The summed E-state index contributed by atoms with van der Waals surface area (Å²) in [6.45, 7) is 1.84.